The van der Waals surface area contributed by atoms with E-state index >= 15 is 0 Å². The Morgan fingerprint density at radius 2 is 2.28 bits per heavy atom. The van der Waals surface area contributed by atoms with Crippen molar-refractivity contribution in [3.8, 4) is 0 Å². The standard InChI is InChI=1S/C11H16N4O3/c1-7(2)11(10(17)18)3-4-15(6-11)9(16)8-5-12-14-13-8/h5,7H,3-4,6H2,1-2H3,(H,17,18)(H,12,13,14). The van der Waals surface area contributed by atoms with Crippen LogP contribution in [-0.4, -0.2) is 50.4 Å². The number of amides is 1. The lowest BCUT2D eigenvalue weighted by Crippen LogP contribution is -2.40. The zero-order chi connectivity index (χ0) is 13.3. The highest BCUT2D eigenvalue weighted by molar-refractivity contribution is 5.92. The Morgan fingerprint density at radius 3 is 2.72 bits per heavy atom. The number of hydrogen-bond donors (Lipinski definition) is 2. The molecule has 1 saturated heterocycles. The summed E-state index contributed by atoms with van der Waals surface area (Å²) in [5.41, 5.74) is -0.626. The molecule has 0 radical (unpaired) electrons. The number of carbonyl (C=O) groups is 2. The number of likely N-dealkylation sites (tertiary alicyclic amines) is 1. The summed E-state index contributed by atoms with van der Waals surface area (Å²) < 4.78 is 0. The van der Waals surface area contributed by atoms with Gasteiger partial charge in [0, 0.05) is 13.1 Å². The highest BCUT2D eigenvalue weighted by atomic mass is 16.4. The lowest BCUT2D eigenvalue weighted by molar-refractivity contribution is -0.150. The molecule has 98 valence electrons. The number of aliphatic carboxylic acids is 1. The number of carboxylic acids is 1. The lowest BCUT2D eigenvalue weighted by atomic mass is 9.76. The maximum absolute atomic E-state index is 12.1. The Morgan fingerprint density at radius 1 is 1.56 bits per heavy atom. The van der Waals surface area contributed by atoms with Crippen LogP contribution in [0.2, 0.25) is 0 Å². The molecule has 2 heterocycles. The number of aromatic nitrogens is 3. The maximum atomic E-state index is 12.1. The Hall–Kier alpha value is -1.92. The van der Waals surface area contributed by atoms with Gasteiger partial charge in [-0.25, -0.2) is 0 Å². The smallest absolute Gasteiger partial charge is 0.311 e. The van der Waals surface area contributed by atoms with Crippen molar-refractivity contribution >= 4 is 11.9 Å². The van der Waals surface area contributed by atoms with Gasteiger partial charge in [0.05, 0.1) is 11.6 Å². The summed E-state index contributed by atoms with van der Waals surface area (Å²) in [6.07, 6.45) is 1.82. The van der Waals surface area contributed by atoms with Crippen molar-refractivity contribution in [1.29, 1.82) is 0 Å². The fourth-order valence-electron chi connectivity index (χ4n) is 2.37. The van der Waals surface area contributed by atoms with Crippen LogP contribution in [0.3, 0.4) is 0 Å². The predicted molar refractivity (Wildman–Crippen MR) is 61.8 cm³/mol. The molecule has 1 atom stereocenters. The largest absolute Gasteiger partial charge is 0.481 e. The molecule has 1 aliphatic rings. The molecule has 2 N–H and O–H groups in total. The van der Waals surface area contributed by atoms with Gasteiger partial charge in [-0.2, -0.15) is 15.4 Å². The molecule has 0 spiro atoms. The van der Waals surface area contributed by atoms with Gasteiger partial charge >= 0.3 is 5.97 Å². The second kappa shape index (κ2) is 4.40. The first-order valence-corrected chi connectivity index (χ1v) is 5.86. The summed E-state index contributed by atoms with van der Waals surface area (Å²) in [4.78, 5) is 25.0. The third-order valence-electron chi connectivity index (χ3n) is 3.75. The molecule has 1 aliphatic heterocycles. The van der Waals surface area contributed by atoms with Crippen molar-refractivity contribution in [3.63, 3.8) is 0 Å². The van der Waals surface area contributed by atoms with E-state index in [9.17, 15) is 14.7 Å². The molecule has 1 aromatic rings. The number of nitrogens with zero attached hydrogens (tertiary/aromatic N) is 3. The van der Waals surface area contributed by atoms with Gasteiger partial charge in [0.15, 0.2) is 5.69 Å². The average Bonchev–Trinajstić information content (AvgIpc) is 2.98. The molecular formula is C11H16N4O3. The Bertz CT molecular complexity index is 457. The summed E-state index contributed by atoms with van der Waals surface area (Å²) in [6.45, 7) is 4.41. The maximum Gasteiger partial charge on any atom is 0.311 e. The van der Waals surface area contributed by atoms with Crippen LogP contribution < -0.4 is 0 Å². The second-order valence-corrected chi connectivity index (χ2v) is 4.95. The second-order valence-electron chi connectivity index (χ2n) is 4.95. The van der Waals surface area contributed by atoms with Crippen molar-refractivity contribution in [2.24, 2.45) is 11.3 Å². The molecule has 2 rings (SSSR count). The number of rotatable bonds is 3. The van der Waals surface area contributed by atoms with Crippen LogP contribution in [0, 0.1) is 11.3 Å². The van der Waals surface area contributed by atoms with E-state index in [4.69, 9.17) is 0 Å². The number of H-pyrrole nitrogens is 1. The van der Waals surface area contributed by atoms with E-state index < -0.39 is 11.4 Å². The first kappa shape index (κ1) is 12.5. The summed E-state index contributed by atoms with van der Waals surface area (Å²) in [7, 11) is 0. The van der Waals surface area contributed by atoms with E-state index in [1.807, 2.05) is 13.8 Å². The van der Waals surface area contributed by atoms with Crippen LogP contribution in [0.15, 0.2) is 6.20 Å². The topological polar surface area (TPSA) is 99.2 Å². The number of carbonyl (C=O) groups excluding carboxylic acids is 1. The molecule has 1 amide bonds. The Labute approximate surface area is 104 Å². The SMILES string of the molecule is CC(C)C1(C(=O)O)CCN(C(=O)c2cn[nH]n2)C1. The minimum Gasteiger partial charge on any atom is -0.481 e. The lowest BCUT2D eigenvalue weighted by Gasteiger charge is -2.28. The van der Waals surface area contributed by atoms with Crippen LogP contribution >= 0.6 is 0 Å². The molecule has 0 aromatic carbocycles. The van der Waals surface area contributed by atoms with Crippen LogP contribution in [0.25, 0.3) is 0 Å². The van der Waals surface area contributed by atoms with E-state index in [1.54, 1.807) is 0 Å². The summed E-state index contributed by atoms with van der Waals surface area (Å²) >= 11 is 0. The monoisotopic (exact) mass is 252 g/mol. The molecule has 0 bridgehead atoms. The molecular weight excluding hydrogens is 236 g/mol. The molecule has 1 fully saturated rings. The zero-order valence-electron chi connectivity index (χ0n) is 10.4. The predicted octanol–water partition coefficient (Wildman–Crippen LogP) is 0.378. The van der Waals surface area contributed by atoms with E-state index in [0.717, 1.165) is 0 Å². The molecule has 18 heavy (non-hydrogen) atoms. The van der Waals surface area contributed by atoms with Gasteiger partial charge in [0.25, 0.3) is 5.91 Å². The normalized spacial score (nSPS) is 23.6. The number of hydrogen-bond acceptors (Lipinski definition) is 4. The first-order valence-electron chi connectivity index (χ1n) is 5.86. The minimum absolute atomic E-state index is 0.0230. The van der Waals surface area contributed by atoms with E-state index in [-0.39, 0.29) is 24.1 Å². The Balaban J connectivity index is 2.17. The van der Waals surface area contributed by atoms with Crippen molar-refractivity contribution < 1.29 is 14.7 Å². The highest BCUT2D eigenvalue weighted by Crippen LogP contribution is 2.38. The quantitative estimate of drug-likeness (QED) is 0.810. The number of carboxylic acid groups (broad SMARTS) is 1. The van der Waals surface area contributed by atoms with Crippen LogP contribution in [-0.2, 0) is 4.79 Å². The van der Waals surface area contributed by atoms with Gasteiger partial charge in [0.1, 0.15) is 0 Å². The van der Waals surface area contributed by atoms with Crippen LogP contribution in [0.1, 0.15) is 30.8 Å². The van der Waals surface area contributed by atoms with Crippen molar-refractivity contribution in [2.45, 2.75) is 20.3 Å². The molecule has 0 saturated carbocycles. The molecule has 7 heteroatoms. The molecule has 1 aromatic heterocycles. The van der Waals surface area contributed by atoms with E-state index in [1.165, 1.54) is 11.1 Å². The van der Waals surface area contributed by atoms with Crippen LogP contribution in [0.4, 0.5) is 0 Å². The van der Waals surface area contributed by atoms with E-state index in [0.29, 0.717) is 13.0 Å². The van der Waals surface area contributed by atoms with Crippen molar-refractivity contribution in [3.05, 3.63) is 11.9 Å². The fourth-order valence-corrected chi connectivity index (χ4v) is 2.37. The molecule has 0 aliphatic carbocycles. The molecule has 1 unspecified atom stereocenters. The zero-order valence-corrected chi connectivity index (χ0v) is 10.4. The van der Waals surface area contributed by atoms with Gasteiger partial charge in [-0.3, -0.25) is 9.59 Å². The first-order chi connectivity index (χ1) is 8.47. The van der Waals surface area contributed by atoms with Gasteiger partial charge in [-0.15, -0.1) is 0 Å². The number of aromatic amines is 1. The third-order valence-corrected chi connectivity index (χ3v) is 3.75. The third kappa shape index (κ3) is 1.85. The summed E-state index contributed by atoms with van der Waals surface area (Å²) in [5, 5.41) is 19.1. The fraction of sp³-hybridized carbons (Fsp3) is 0.636. The summed E-state index contributed by atoms with van der Waals surface area (Å²) in [6, 6.07) is 0. The van der Waals surface area contributed by atoms with Crippen molar-refractivity contribution in [2.75, 3.05) is 13.1 Å². The summed E-state index contributed by atoms with van der Waals surface area (Å²) in [5.74, 6) is -1.13. The molecule has 7 nitrogen and oxygen atoms in total. The Kier molecular flexibility index (Phi) is 3.06. The van der Waals surface area contributed by atoms with E-state index in [2.05, 4.69) is 15.4 Å². The van der Waals surface area contributed by atoms with Gasteiger partial charge in [-0.1, -0.05) is 13.8 Å². The number of nitrogens with one attached hydrogen (secondary N) is 1. The average molecular weight is 252 g/mol. The van der Waals surface area contributed by atoms with Crippen molar-refractivity contribution in [1.82, 2.24) is 20.3 Å². The minimum atomic E-state index is -0.848. The van der Waals surface area contributed by atoms with Gasteiger partial charge in [-0.05, 0) is 12.3 Å². The van der Waals surface area contributed by atoms with Gasteiger partial charge in [0.2, 0.25) is 0 Å². The van der Waals surface area contributed by atoms with Crippen LogP contribution in [0.5, 0.6) is 0 Å². The highest BCUT2D eigenvalue weighted by Gasteiger charge is 2.48. The van der Waals surface area contributed by atoms with Gasteiger partial charge < -0.3 is 10.0 Å².